The molecule has 1 fully saturated rings. The highest BCUT2D eigenvalue weighted by Gasteiger charge is 2.33. The predicted molar refractivity (Wildman–Crippen MR) is 67.1 cm³/mol. The van der Waals surface area contributed by atoms with Gasteiger partial charge in [-0.15, -0.1) is 0 Å². The number of nitrogens with one attached hydrogen (secondary N) is 1. The van der Waals surface area contributed by atoms with E-state index in [1.54, 1.807) is 0 Å². The standard InChI is InChI=1S/C13H28N2/c1-11(10-15(4)5)14-9-12-7-6-8-13(12,2)3/h11-12,14H,6-10H2,1-5H3. The van der Waals surface area contributed by atoms with Gasteiger partial charge < -0.3 is 10.2 Å². The van der Waals surface area contributed by atoms with Crippen molar-refractivity contribution in [2.45, 2.75) is 46.1 Å². The van der Waals surface area contributed by atoms with Gasteiger partial charge in [-0.05, 0) is 51.7 Å². The van der Waals surface area contributed by atoms with Crippen LogP contribution in [0.1, 0.15) is 40.0 Å². The minimum Gasteiger partial charge on any atom is -0.313 e. The van der Waals surface area contributed by atoms with Crippen molar-refractivity contribution in [2.24, 2.45) is 11.3 Å². The summed E-state index contributed by atoms with van der Waals surface area (Å²) in [5, 5.41) is 3.67. The Labute approximate surface area is 95.4 Å². The van der Waals surface area contributed by atoms with Crippen LogP contribution in [-0.2, 0) is 0 Å². The number of likely N-dealkylation sites (N-methyl/N-ethyl adjacent to an activating group) is 1. The third-order valence-electron chi connectivity index (χ3n) is 3.83. The Kier molecular flexibility index (Phi) is 4.60. The van der Waals surface area contributed by atoms with Crippen molar-refractivity contribution in [1.82, 2.24) is 10.2 Å². The molecule has 0 saturated heterocycles. The van der Waals surface area contributed by atoms with Crippen molar-refractivity contribution < 1.29 is 0 Å². The fraction of sp³-hybridized carbons (Fsp3) is 1.00. The van der Waals surface area contributed by atoms with Gasteiger partial charge in [0.15, 0.2) is 0 Å². The Morgan fingerprint density at radius 1 is 1.40 bits per heavy atom. The maximum absolute atomic E-state index is 3.67. The molecule has 0 aliphatic heterocycles. The SMILES string of the molecule is CC(CN(C)C)NCC1CCCC1(C)C. The number of hydrogen-bond donors (Lipinski definition) is 1. The van der Waals surface area contributed by atoms with Gasteiger partial charge in [-0.25, -0.2) is 0 Å². The van der Waals surface area contributed by atoms with Crippen LogP contribution >= 0.6 is 0 Å². The molecular weight excluding hydrogens is 184 g/mol. The van der Waals surface area contributed by atoms with Crippen LogP contribution in [0.4, 0.5) is 0 Å². The third-order valence-corrected chi connectivity index (χ3v) is 3.83. The van der Waals surface area contributed by atoms with E-state index in [4.69, 9.17) is 0 Å². The molecule has 0 amide bonds. The van der Waals surface area contributed by atoms with Crippen molar-refractivity contribution in [3.63, 3.8) is 0 Å². The first kappa shape index (κ1) is 13.0. The third kappa shape index (κ3) is 4.12. The molecule has 0 bridgehead atoms. The zero-order valence-electron chi connectivity index (χ0n) is 11.1. The molecule has 0 radical (unpaired) electrons. The maximum atomic E-state index is 3.67. The summed E-state index contributed by atoms with van der Waals surface area (Å²) in [6.07, 6.45) is 4.23. The zero-order chi connectivity index (χ0) is 11.5. The molecule has 0 aromatic rings. The maximum Gasteiger partial charge on any atom is 0.0166 e. The van der Waals surface area contributed by atoms with E-state index in [-0.39, 0.29) is 0 Å². The van der Waals surface area contributed by atoms with Gasteiger partial charge in [0.1, 0.15) is 0 Å². The minimum absolute atomic E-state index is 0.560. The van der Waals surface area contributed by atoms with Gasteiger partial charge in [-0.1, -0.05) is 20.3 Å². The van der Waals surface area contributed by atoms with Crippen LogP contribution < -0.4 is 5.32 Å². The van der Waals surface area contributed by atoms with Gasteiger partial charge in [-0.2, -0.15) is 0 Å². The van der Waals surface area contributed by atoms with E-state index in [9.17, 15) is 0 Å². The fourth-order valence-corrected chi connectivity index (χ4v) is 2.73. The van der Waals surface area contributed by atoms with Crippen LogP contribution in [0, 0.1) is 11.3 Å². The highest BCUT2D eigenvalue weighted by Crippen LogP contribution is 2.41. The lowest BCUT2D eigenvalue weighted by atomic mass is 9.82. The second-order valence-corrected chi connectivity index (χ2v) is 6.15. The van der Waals surface area contributed by atoms with E-state index in [0.29, 0.717) is 11.5 Å². The summed E-state index contributed by atoms with van der Waals surface area (Å²) >= 11 is 0. The summed E-state index contributed by atoms with van der Waals surface area (Å²) in [7, 11) is 4.27. The Balaban J connectivity index is 2.25. The summed E-state index contributed by atoms with van der Waals surface area (Å²) < 4.78 is 0. The van der Waals surface area contributed by atoms with Crippen LogP contribution in [0.15, 0.2) is 0 Å². The zero-order valence-corrected chi connectivity index (χ0v) is 11.1. The second-order valence-electron chi connectivity index (χ2n) is 6.15. The van der Waals surface area contributed by atoms with Crippen LogP contribution in [0.25, 0.3) is 0 Å². The first-order valence-corrected chi connectivity index (χ1v) is 6.30. The summed E-state index contributed by atoms with van der Waals surface area (Å²) in [6.45, 7) is 9.45. The molecule has 1 aliphatic carbocycles. The van der Waals surface area contributed by atoms with Crippen LogP contribution in [-0.4, -0.2) is 38.1 Å². The van der Waals surface area contributed by atoms with Crippen molar-refractivity contribution in [3.05, 3.63) is 0 Å². The lowest BCUT2D eigenvalue weighted by Gasteiger charge is -2.29. The molecule has 1 rings (SSSR count). The average Bonchev–Trinajstić information content (AvgIpc) is 2.40. The topological polar surface area (TPSA) is 15.3 Å². The molecule has 15 heavy (non-hydrogen) atoms. The molecule has 0 aromatic carbocycles. The molecule has 90 valence electrons. The Hall–Kier alpha value is -0.0800. The summed E-state index contributed by atoms with van der Waals surface area (Å²) in [6, 6.07) is 0.608. The van der Waals surface area contributed by atoms with E-state index in [1.807, 2.05) is 0 Å². The van der Waals surface area contributed by atoms with Gasteiger partial charge >= 0.3 is 0 Å². The van der Waals surface area contributed by atoms with Crippen molar-refractivity contribution in [2.75, 3.05) is 27.2 Å². The van der Waals surface area contributed by atoms with Gasteiger partial charge in [0, 0.05) is 12.6 Å². The quantitative estimate of drug-likeness (QED) is 0.752. The molecule has 0 heterocycles. The van der Waals surface area contributed by atoms with Crippen molar-refractivity contribution >= 4 is 0 Å². The Morgan fingerprint density at radius 2 is 2.07 bits per heavy atom. The Morgan fingerprint density at radius 3 is 2.53 bits per heavy atom. The highest BCUT2D eigenvalue weighted by molar-refractivity contribution is 4.86. The summed E-state index contributed by atoms with van der Waals surface area (Å²) in [5.41, 5.74) is 0.560. The molecule has 2 unspecified atom stereocenters. The van der Waals surface area contributed by atoms with Crippen molar-refractivity contribution in [3.8, 4) is 0 Å². The lowest BCUT2D eigenvalue weighted by molar-refractivity contribution is 0.238. The molecule has 0 aromatic heterocycles. The molecule has 2 atom stereocenters. The average molecular weight is 212 g/mol. The highest BCUT2D eigenvalue weighted by atomic mass is 15.1. The molecule has 1 saturated carbocycles. The van der Waals surface area contributed by atoms with Crippen LogP contribution in [0.3, 0.4) is 0 Å². The number of rotatable bonds is 5. The molecule has 2 heteroatoms. The number of nitrogens with zero attached hydrogens (tertiary/aromatic N) is 1. The molecule has 2 nitrogen and oxygen atoms in total. The van der Waals surface area contributed by atoms with E-state index in [1.165, 1.54) is 25.8 Å². The van der Waals surface area contributed by atoms with E-state index in [2.05, 4.69) is 45.1 Å². The number of hydrogen-bond acceptors (Lipinski definition) is 2. The largest absolute Gasteiger partial charge is 0.313 e. The molecule has 0 spiro atoms. The van der Waals surface area contributed by atoms with E-state index in [0.717, 1.165) is 12.5 Å². The predicted octanol–water partition coefficient (Wildman–Crippen LogP) is 2.35. The van der Waals surface area contributed by atoms with Crippen LogP contribution in [0.5, 0.6) is 0 Å². The monoisotopic (exact) mass is 212 g/mol. The smallest absolute Gasteiger partial charge is 0.0166 e. The second kappa shape index (κ2) is 5.31. The molecule has 1 N–H and O–H groups in total. The van der Waals surface area contributed by atoms with E-state index < -0.39 is 0 Å². The first-order chi connectivity index (χ1) is 6.92. The first-order valence-electron chi connectivity index (χ1n) is 6.30. The summed E-state index contributed by atoms with van der Waals surface area (Å²) in [4.78, 5) is 2.25. The van der Waals surface area contributed by atoms with Gasteiger partial charge in [0.2, 0.25) is 0 Å². The fourth-order valence-electron chi connectivity index (χ4n) is 2.73. The normalized spacial score (nSPS) is 27.2. The molecular formula is C13H28N2. The van der Waals surface area contributed by atoms with Gasteiger partial charge in [0.05, 0.1) is 0 Å². The van der Waals surface area contributed by atoms with Gasteiger partial charge in [0.25, 0.3) is 0 Å². The summed E-state index contributed by atoms with van der Waals surface area (Å²) in [5.74, 6) is 0.877. The van der Waals surface area contributed by atoms with Crippen LogP contribution in [0.2, 0.25) is 0 Å². The molecule has 1 aliphatic rings. The van der Waals surface area contributed by atoms with E-state index >= 15 is 0 Å². The minimum atomic E-state index is 0.560. The lowest BCUT2D eigenvalue weighted by Crippen LogP contribution is -2.40. The Bertz CT molecular complexity index is 187. The van der Waals surface area contributed by atoms with Gasteiger partial charge in [-0.3, -0.25) is 0 Å². The van der Waals surface area contributed by atoms with Crippen molar-refractivity contribution in [1.29, 1.82) is 0 Å².